The summed E-state index contributed by atoms with van der Waals surface area (Å²) in [5.74, 6) is 0.350. The smallest absolute Gasteiger partial charge is 0.339 e. The number of hydrogen-bond donors (Lipinski definition) is 1. The lowest BCUT2D eigenvalue weighted by molar-refractivity contribution is 0.0692. The SMILES string of the molecule is CC1=CC=C(F)C=C=C1.CCOc1cc(OCc2nc3ccccc3n2C)ccc1C(=O)O. The summed E-state index contributed by atoms with van der Waals surface area (Å²) >= 11 is 0. The predicted octanol–water partition coefficient (Wildman–Crippen LogP) is 5.76. The number of carboxylic acids is 1. The van der Waals surface area contributed by atoms with E-state index >= 15 is 0 Å². The lowest BCUT2D eigenvalue weighted by Gasteiger charge is -2.11. The average Bonchev–Trinajstić information content (AvgIpc) is 2.99. The van der Waals surface area contributed by atoms with Crippen molar-refractivity contribution < 1.29 is 23.8 Å². The van der Waals surface area contributed by atoms with E-state index < -0.39 is 5.97 Å². The Bertz CT molecular complexity index is 1260. The molecule has 3 aromatic rings. The number of nitrogens with zero attached hydrogens (tertiary/aromatic N) is 2. The van der Waals surface area contributed by atoms with Crippen molar-refractivity contribution in [3.05, 3.63) is 95.3 Å². The summed E-state index contributed by atoms with van der Waals surface area (Å²) in [5.41, 5.74) is 5.76. The second kappa shape index (κ2) is 11.0. The molecular formula is C26H25FN2O4. The van der Waals surface area contributed by atoms with E-state index in [9.17, 15) is 14.3 Å². The number of aryl methyl sites for hydroxylation is 1. The van der Waals surface area contributed by atoms with E-state index in [0.717, 1.165) is 22.4 Å². The minimum atomic E-state index is -1.03. The van der Waals surface area contributed by atoms with Crippen LogP contribution in [0.25, 0.3) is 11.0 Å². The summed E-state index contributed by atoms with van der Waals surface area (Å²) in [5, 5.41) is 9.17. The van der Waals surface area contributed by atoms with Gasteiger partial charge in [0.1, 0.15) is 35.3 Å². The Morgan fingerprint density at radius 2 is 1.94 bits per heavy atom. The molecule has 7 heteroatoms. The van der Waals surface area contributed by atoms with Gasteiger partial charge in [-0.1, -0.05) is 18.2 Å². The van der Waals surface area contributed by atoms with E-state index in [0.29, 0.717) is 18.1 Å². The number of halogens is 1. The van der Waals surface area contributed by atoms with Crippen LogP contribution >= 0.6 is 0 Å². The molecule has 2 aromatic carbocycles. The fourth-order valence-electron chi connectivity index (χ4n) is 3.08. The molecule has 1 aliphatic carbocycles. The maximum absolute atomic E-state index is 12.3. The predicted molar refractivity (Wildman–Crippen MR) is 125 cm³/mol. The highest BCUT2D eigenvalue weighted by Gasteiger charge is 2.13. The number of aromatic nitrogens is 2. The number of ether oxygens (including phenoxy) is 2. The Hall–Kier alpha value is -4.09. The maximum atomic E-state index is 12.3. The number of imidazole rings is 1. The molecule has 0 spiro atoms. The highest BCUT2D eigenvalue weighted by molar-refractivity contribution is 5.91. The van der Waals surface area contributed by atoms with Crippen LogP contribution in [-0.2, 0) is 13.7 Å². The molecule has 33 heavy (non-hydrogen) atoms. The first-order valence-corrected chi connectivity index (χ1v) is 10.4. The first-order valence-electron chi connectivity index (χ1n) is 10.4. The molecule has 6 nitrogen and oxygen atoms in total. The molecule has 170 valence electrons. The fourth-order valence-corrected chi connectivity index (χ4v) is 3.08. The lowest BCUT2D eigenvalue weighted by atomic mass is 10.2. The van der Waals surface area contributed by atoms with Crippen LogP contribution in [0.15, 0.2) is 83.9 Å². The van der Waals surface area contributed by atoms with Gasteiger partial charge in [-0.05, 0) is 55.8 Å². The quantitative estimate of drug-likeness (QED) is 0.486. The molecule has 0 fully saturated rings. The number of para-hydroxylation sites is 2. The Morgan fingerprint density at radius 1 is 1.15 bits per heavy atom. The number of hydrogen-bond acceptors (Lipinski definition) is 4. The van der Waals surface area contributed by atoms with Crippen molar-refractivity contribution in [3.63, 3.8) is 0 Å². The van der Waals surface area contributed by atoms with Gasteiger partial charge in [-0.3, -0.25) is 0 Å². The highest BCUT2D eigenvalue weighted by atomic mass is 19.1. The number of allylic oxidation sites excluding steroid dienone is 5. The van der Waals surface area contributed by atoms with Crippen LogP contribution in [0.1, 0.15) is 30.0 Å². The van der Waals surface area contributed by atoms with Crippen molar-refractivity contribution in [2.75, 3.05) is 6.61 Å². The van der Waals surface area contributed by atoms with E-state index in [1.165, 1.54) is 18.2 Å². The van der Waals surface area contributed by atoms with Crippen LogP contribution in [0, 0.1) is 0 Å². The van der Waals surface area contributed by atoms with Gasteiger partial charge in [-0.25, -0.2) is 14.2 Å². The van der Waals surface area contributed by atoms with Crippen LogP contribution in [0.3, 0.4) is 0 Å². The van der Waals surface area contributed by atoms with E-state index in [1.807, 2.05) is 42.8 Å². The molecule has 0 unspecified atom stereocenters. The van der Waals surface area contributed by atoms with E-state index in [-0.39, 0.29) is 18.0 Å². The second-order valence-electron chi connectivity index (χ2n) is 7.18. The number of fused-ring (bicyclic) bond motifs is 1. The summed E-state index contributed by atoms with van der Waals surface area (Å²) < 4.78 is 25.4. The van der Waals surface area contributed by atoms with E-state index in [2.05, 4.69) is 10.7 Å². The van der Waals surface area contributed by atoms with Gasteiger partial charge >= 0.3 is 5.97 Å². The number of rotatable bonds is 6. The van der Waals surface area contributed by atoms with Crippen LogP contribution in [0.4, 0.5) is 4.39 Å². The molecule has 1 aliphatic rings. The molecule has 0 amide bonds. The van der Waals surface area contributed by atoms with Crippen LogP contribution in [0.2, 0.25) is 0 Å². The third-order valence-corrected chi connectivity index (χ3v) is 4.77. The minimum absolute atomic E-state index is 0.118. The van der Waals surface area contributed by atoms with Crippen molar-refractivity contribution in [3.8, 4) is 11.5 Å². The van der Waals surface area contributed by atoms with Gasteiger partial charge in [0, 0.05) is 19.2 Å². The molecule has 1 heterocycles. The highest BCUT2D eigenvalue weighted by Crippen LogP contribution is 2.26. The van der Waals surface area contributed by atoms with Crippen LogP contribution < -0.4 is 9.47 Å². The topological polar surface area (TPSA) is 73.6 Å². The Kier molecular flexibility index (Phi) is 7.84. The molecule has 0 radical (unpaired) electrons. The van der Waals surface area contributed by atoms with Crippen molar-refractivity contribution >= 4 is 17.0 Å². The van der Waals surface area contributed by atoms with Crippen LogP contribution in [-0.4, -0.2) is 27.2 Å². The number of aromatic carboxylic acids is 1. The monoisotopic (exact) mass is 448 g/mol. The largest absolute Gasteiger partial charge is 0.493 e. The Labute approximate surface area is 191 Å². The van der Waals surface area contributed by atoms with Gasteiger partial charge in [-0.15, -0.1) is 5.73 Å². The first kappa shape index (κ1) is 23.6. The zero-order valence-electron chi connectivity index (χ0n) is 18.7. The summed E-state index contributed by atoms with van der Waals surface area (Å²) in [4.78, 5) is 15.7. The van der Waals surface area contributed by atoms with Gasteiger partial charge in [0.25, 0.3) is 0 Å². The molecule has 4 rings (SSSR count). The van der Waals surface area contributed by atoms with Crippen molar-refractivity contribution in [2.45, 2.75) is 20.5 Å². The maximum Gasteiger partial charge on any atom is 0.339 e. The zero-order valence-corrected chi connectivity index (χ0v) is 18.7. The standard InChI is InChI=1S/C18H18N2O4.C8H7F/c1-3-23-16-10-12(8-9-13(16)18(21)22)24-11-17-19-14-6-4-5-7-15(14)20(17)2;1-7-3-2-4-8(9)6-5-7/h4-10H,3,11H2,1-2H3,(H,21,22);3-6H,1H3. The van der Waals surface area contributed by atoms with Crippen molar-refractivity contribution in [1.82, 2.24) is 9.55 Å². The van der Waals surface area contributed by atoms with Gasteiger partial charge in [0.05, 0.1) is 17.6 Å². The van der Waals surface area contributed by atoms with Crippen molar-refractivity contribution in [1.29, 1.82) is 0 Å². The van der Waals surface area contributed by atoms with Crippen molar-refractivity contribution in [2.24, 2.45) is 7.05 Å². The van der Waals surface area contributed by atoms with E-state index in [4.69, 9.17) is 9.47 Å². The first-order chi connectivity index (χ1) is 15.9. The summed E-state index contributed by atoms with van der Waals surface area (Å²) in [7, 11) is 1.94. The van der Waals surface area contributed by atoms with Crippen LogP contribution in [0.5, 0.6) is 11.5 Å². The van der Waals surface area contributed by atoms with Gasteiger partial charge in [0.15, 0.2) is 0 Å². The Morgan fingerprint density at radius 3 is 2.67 bits per heavy atom. The molecule has 0 bridgehead atoms. The fraction of sp³-hybridized carbons (Fsp3) is 0.192. The molecule has 0 saturated carbocycles. The zero-order chi connectivity index (χ0) is 23.8. The molecule has 1 aromatic heterocycles. The Balaban J connectivity index is 0.000000286. The van der Waals surface area contributed by atoms with Gasteiger partial charge < -0.3 is 19.1 Å². The third kappa shape index (κ3) is 6.21. The average molecular weight is 448 g/mol. The lowest BCUT2D eigenvalue weighted by Crippen LogP contribution is -2.05. The number of benzene rings is 2. The minimum Gasteiger partial charge on any atom is -0.493 e. The molecule has 0 saturated heterocycles. The molecular weight excluding hydrogens is 423 g/mol. The molecule has 0 atom stereocenters. The second-order valence-corrected chi connectivity index (χ2v) is 7.18. The normalized spacial score (nSPS) is 12.4. The number of carboxylic acid groups (broad SMARTS) is 1. The third-order valence-electron chi connectivity index (χ3n) is 4.77. The summed E-state index contributed by atoms with van der Waals surface area (Å²) in [6, 6.07) is 12.6. The summed E-state index contributed by atoms with van der Waals surface area (Å²) in [6.07, 6.45) is 6.19. The van der Waals surface area contributed by atoms with E-state index in [1.54, 1.807) is 31.2 Å². The molecule has 1 N–H and O–H groups in total. The van der Waals surface area contributed by atoms with Gasteiger partial charge in [0.2, 0.25) is 0 Å². The van der Waals surface area contributed by atoms with Gasteiger partial charge in [-0.2, -0.15) is 0 Å². The number of carbonyl (C=O) groups is 1. The summed E-state index contributed by atoms with van der Waals surface area (Å²) in [6.45, 7) is 4.37. The molecule has 0 aliphatic heterocycles.